The fraction of sp³-hybridized carbons (Fsp3) is 0.733. The molecule has 2 heterocycles. The van der Waals surface area contributed by atoms with E-state index in [0.29, 0.717) is 0 Å². The molecule has 1 aromatic rings. The number of nitrogens with zero attached hydrogens (tertiary/aromatic N) is 4. The topological polar surface area (TPSA) is 53.4 Å². The number of unbranched alkanes of at least 4 members (excludes halogenated alkanes) is 1. The highest BCUT2D eigenvalue weighted by molar-refractivity contribution is 5.74. The molecule has 0 atom stereocenters. The number of urea groups is 1. The number of rotatable bonds is 5. The number of nitrogens with one attached hydrogen (secondary N) is 1. The van der Waals surface area contributed by atoms with Crippen LogP contribution in [0, 0.1) is 6.92 Å². The molecule has 6 heteroatoms. The standard InChI is InChI=1S/C15H27N5O/c1-4-5-6-16-15(21)20-9-7-19(8-10-20)12-14-11-18(3)17-13(14)2/h11H,4-10,12H2,1-3H3,(H,16,21). The zero-order valence-electron chi connectivity index (χ0n) is 13.4. The summed E-state index contributed by atoms with van der Waals surface area (Å²) in [6, 6.07) is 0.0839. The van der Waals surface area contributed by atoms with E-state index in [1.807, 2.05) is 23.6 Å². The summed E-state index contributed by atoms with van der Waals surface area (Å²) in [5.74, 6) is 0. The minimum Gasteiger partial charge on any atom is -0.338 e. The summed E-state index contributed by atoms with van der Waals surface area (Å²) >= 11 is 0. The molecule has 1 aromatic heterocycles. The quantitative estimate of drug-likeness (QED) is 0.834. The zero-order chi connectivity index (χ0) is 15.2. The second-order valence-corrected chi connectivity index (χ2v) is 5.76. The van der Waals surface area contributed by atoms with Crippen molar-refractivity contribution in [2.75, 3.05) is 32.7 Å². The van der Waals surface area contributed by atoms with Gasteiger partial charge in [0, 0.05) is 58.1 Å². The predicted octanol–water partition coefficient (Wildman–Crippen LogP) is 1.36. The van der Waals surface area contributed by atoms with E-state index in [1.54, 1.807) is 0 Å². The number of aryl methyl sites for hydroxylation is 2. The summed E-state index contributed by atoms with van der Waals surface area (Å²) in [5.41, 5.74) is 2.37. The average Bonchev–Trinajstić information content (AvgIpc) is 2.78. The van der Waals surface area contributed by atoms with Crippen molar-refractivity contribution in [3.63, 3.8) is 0 Å². The molecule has 1 aliphatic heterocycles. The van der Waals surface area contributed by atoms with Gasteiger partial charge in [-0.25, -0.2) is 4.79 Å². The second-order valence-electron chi connectivity index (χ2n) is 5.76. The third kappa shape index (κ3) is 4.46. The third-order valence-electron chi connectivity index (χ3n) is 3.98. The fourth-order valence-corrected chi connectivity index (χ4v) is 2.64. The van der Waals surface area contributed by atoms with Crippen molar-refractivity contribution in [1.29, 1.82) is 0 Å². The Bertz CT molecular complexity index is 463. The van der Waals surface area contributed by atoms with Crippen LogP contribution in [-0.4, -0.2) is 58.3 Å². The summed E-state index contributed by atoms with van der Waals surface area (Å²) in [4.78, 5) is 16.3. The third-order valence-corrected chi connectivity index (χ3v) is 3.98. The molecule has 1 aliphatic rings. The van der Waals surface area contributed by atoms with Crippen LogP contribution in [0.1, 0.15) is 31.0 Å². The van der Waals surface area contributed by atoms with Crippen LogP contribution in [0.3, 0.4) is 0 Å². The number of amides is 2. The molecule has 1 N–H and O–H groups in total. The van der Waals surface area contributed by atoms with Crippen molar-refractivity contribution in [2.45, 2.75) is 33.2 Å². The van der Waals surface area contributed by atoms with Crippen LogP contribution in [0.15, 0.2) is 6.20 Å². The Kier molecular flexibility index (Phi) is 5.61. The molecule has 0 radical (unpaired) electrons. The van der Waals surface area contributed by atoms with E-state index < -0.39 is 0 Å². The van der Waals surface area contributed by atoms with Gasteiger partial charge < -0.3 is 10.2 Å². The highest BCUT2D eigenvalue weighted by Crippen LogP contribution is 2.11. The summed E-state index contributed by atoms with van der Waals surface area (Å²) < 4.78 is 1.86. The van der Waals surface area contributed by atoms with Gasteiger partial charge in [0.1, 0.15) is 0 Å². The molecule has 0 aliphatic carbocycles. The van der Waals surface area contributed by atoms with Crippen LogP contribution >= 0.6 is 0 Å². The van der Waals surface area contributed by atoms with E-state index in [2.05, 4.69) is 28.4 Å². The smallest absolute Gasteiger partial charge is 0.317 e. The first kappa shape index (κ1) is 15.8. The summed E-state index contributed by atoms with van der Waals surface area (Å²) in [5, 5.41) is 7.36. The van der Waals surface area contributed by atoms with Gasteiger partial charge in [0.25, 0.3) is 0 Å². The van der Waals surface area contributed by atoms with Gasteiger partial charge in [-0.05, 0) is 13.3 Å². The Morgan fingerprint density at radius 3 is 2.62 bits per heavy atom. The number of carbonyl (C=O) groups excluding carboxylic acids is 1. The maximum atomic E-state index is 12.0. The first-order chi connectivity index (χ1) is 10.1. The molecule has 2 rings (SSSR count). The van der Waals surface area contributed by atoms with E-state index in [0.717, 1.165) is 57.8 Å². The largest absolute Gasteiger partial charge is 0.338 e. The Labute approximate surface area is 127 Å². The van der Waals surface area contributed by atoms with E-state index in [-0.39, 0.29) is 6.03 Å². The maximum absolute atomic E-state index is 12.0. The van der Waals surface area contributed by atoms with Gasteiger partial charge in [-0.3, -0.25) is 9.58 Å². The number of carbonyl (C=O) groups is 1. The Morgan fingerprint density at radius 2 is 2.05 bits per heavy atom. The molecule has 0 spiro atoms. The van der Waals surface area contributed by atoms with Gasteiger partial charge in [-0.2, -0.15) is 5.10 Å². The predicted molar refractivity (Wildman–Crippen MR) is 83.1 cm³/mol. The van der Waals surface area contributed by atoms with Crippen molar-refractivity contribution in [3.05, 3.63) is 17.5 Å². The van der Waals surface area contributed by atoms with Crippen molar-refractivity contribution in [1.82, 2.24) is 24.9 Å². The Morgan fingerprint density at radius 1 is 1.33 bits per heavy atom. The van der Waals surface area contributed by atoms with E-state index in [1.165, 1.54) is 5.56 Å². The molecule has 0 aromatic carbocycles. The number of hydrogen-bond acceptors (Lipinski definition) is 3. The van der Waals surface area contributed by atoms with Crippen molar-refractivity contribution >= 4 is 6.03 Å². The monoisotopic (exact) mass is 293 g/mol. The van der Waals surface area contributed by atoms with E-state index >= 15 is 0 Å². The van der Waals surface area contributed by atoms with Crippen LogP contribution in [0.2, 0.25) is 0 Å². The SMILES string of the molecule is CCCCNC(=O)N1CCN(Cc2cn(C)nc2C)CC1. The lowest BCUT2D eigenvalue weighted by Crippen LogP contribution is -2.51. The zero-order valence-corrected chi connectivity index (χ0v) is 13.4. The molecule has 0 bridgehead atoms. The number of aromatic nitrogens is 2. The summed E-state index contributed by atoms with van der Waals surface area (Å²) in [7, 11) is 1.95. The minimum absolute atomic E-state index is 0.0839. The van der Waals surface area contributed by atoms with Gasteiger partial charge in [-0.15, -0.1) is 0 Å². The van der Waals surface area contributed by atoms with Crippen molar-refractivity contribution in [3.8, 4) is 0 Å². The first-order valence-electron chi connectivity index (χ1n) is 7.84. The molecule has 1 fully saturated rings. The highest BCUT2D eigenvalue weighted by Gasteiger charge is 2.21. The first-order valence-corrected chi connectivity index (χ1v) is 7.84. The number of hydrogen-bond donors (Lipinski definition) is 1. The minimum atomic E-state index is 0.0839. The van der Waals surface area contributed by atoms with Gasteiger partial charge >= 0.3 is 6.03 Å². The van der Waals surface area contributed by atoms with Crippen LogP contribution in [0.25, 0.3) is 0 Å². The normalized spacial score (nSPS) is 16.2. The van der Waals surface area contributed by atoms with Gasteiger partial charge in [-0.1, -0.05) is 13.3 Å². The van der Waals surface area contributed by atoms with Crippen LogP contribution in [0.4, 0.5) is 4.79 Å². The maximum Gasteiger partial charge on any atom is 0.317 e. The van der Waals surface area contributed by atoms with E-state index in [9.17, 15) is 4.79 Å². The Balaban J connectivity index is 1.75. The van der Waals surface area contributed by atoms with Crippen molar-refractivity contribution < 1.29 is 4.79 Å². The molecule has 1 saturated heterocycles. The molecule has 6 nitrogen and oxygen atoms in total. The van der Waals surface area contributed by atoms with Gasteiger partial charge in [0.05, 0.1) is 5.69 Å². The van der Waals surface area contributed by atoms with E-state index in [4.69, 9.17) is 0 Å². The molecular formula is C15H27N5O. The molecule has 2 amide bonds. The fourth-order valence-electron chi connectivity index (χ4n) is 2.64. The van der Waals surface area contributed by atoms with Crippen molar-refractivity contribution in [2.24, 2.45) is 7.05 Å². The van der Waals surface area contributed by atoms with Crippen LogP contribution in [0.5, 0.6) is 0 Å². The molecular weight excluding hydrogens is 266 g/mol. The molecule has 0 unspecified atom stereocenters. The van der Waals surface area contributed by atoms with Gasteiger partial charge in [0.15, 0.2) is 0 Å². The average molecular weight is 293 g/mol. The lowest BCUT2D eigenvalue weighted by molar-refractivity contribution is 0.135. The lowest BCUT2D eigenvalue weighted by atomic mass is 10.2. The van der Waals surface area contributed by atoms with Crippen LogP contribution < -0.4 is 5.32 Å². The highest BCUT2D eigenvalue weighted by atomic mass is 16.2. The summed E-state index contributed by atoms with van der Waals surface area (Å²) in [6.45, 7) is 9.34. The van der Waals surface area contributed by atoms with Gasteiger partial charge in [0.2, 0.25) is 0 Å². The second kappa shape index (κ2) is 7.45. The molecule has 0 saturated carbocycles. The number of piperazine rings is 1. The lowest BCUT2D eigenvalue weighted by Gasteiger charge is -2.34. The Hall–Kier alpha value is -1.56. The molecule has 118 valence electrons. The van der Waals surface area contributed by atoms with Crippen LogP contribution in [-0.2, 0) is 13.6 Å². The molecule has 21 heavy (non-hydrogen) atoms. The summed E-state index contributed by atoms with van der Waals surface area (Å²) in [6.07, 6.45) is 4.24.